The Morgan fingerprint density at radius 1 is 1.00 bits per heavy atom. The van der Waals surface area contributed by atoms with Gasteiger partial charge in [0.05, 0.1) is 26.5 Å². The summed E-state index contributed by atoms with van der Waals surface area (Å²) in [7, 11) is 2.93. The Balaban J connectivity index is 1.65. The molecule has 0 saturated carbocycles. The summed E-state index contributed by atoms with van der Waals surface area (Å²) in [6.45, 7) is 0.0862. The van der Waals surface area contributed by atoms with E-state index in [9.17, 15) is 18.8 Å². The molecule has 3 amide bonds. The molecule has 0 aliphatic heterocycles. The lowest BCUT2D eigenvalue weighted by molar-refractivity contribution is 0.0936. The molecule has 166 valence electrons. The monoisotopic (exact) mass is 440 g/mol. The number of methoxy groups -OCH3 is 2. The lowest BCUT2D eigenvalue weighted by atomic mass is 10.2. The maximum atomic E-state index is 13.4. The van der Waals surface area contributed by atoms with Crippen molar-refractivity contribution in [2.24, 2.45) is 0 Å². The molecule has 0 aliphatic carbocycles. The fraction of sp³-hybridized carbons (Fsp3) is 0.136. The van der Waals surface area contributed by atoms with Gasteiger partial charge in [-0.1, -0.05) is 12.1 Å². The zero-order valence-corrected chi connectivity index (χ0v) is 17.3. The molecule has 0 spiro atoms. The molecule has 3 aromatic rings. The zero-order valence-electron chi connectivity index (χ0n) is 17.3. The van der Waals surface area contributed by atoms with Gasteiger partial charge in [-0.25, -0.2) is 14.6 Å². The minimum Gasteiger partial charge on any atom is -0.497 e. The van der Waals surface area contributed by atoms with Crippen LogP contribution in [-0.4, -0.2) is 30.7 Å². The number of hydrogen-bond acceptors (Lipinski definition) is 5. The Labute approximate surface area is 182 Å². The molecule has 0 fully saturated rings. The topological polar surface area (TPSA) is 111 Å². The summed E-state index contributed by atoms with van der Waals surface area (Å²) < 4.78 is 24.9. The van der Waals surface area contributed by atoms with Gasteiger partial charge in [-0.2, -0.15) is 0 Å². The van der Waals surface area contributed by atoms with Crippen molar-refractivity contribution < 1.29 is 23.5 Å². The Bertz CT molecular complexity index is 1190. The lowest BCUT2D eigenvalue weighted by Crippen LogP contribution is -2.45. The summed E-state index contributed by atoms with van der Waals surface area (Å²) in [5.41, 5.74) is 4.49. The molecule has 1 heterocycles. The van der Waals surface area contributed by atoms with E-state index in [-0.39, 0.29) is 12.1 Å². The standard InChI is InChI=1S/C22H21FN4O5/c1-31-16-8-9-18(19(12-16)32-2)24-22(30)26-25-20(28)17-7-4-10-27(21(17)29)13-14-5-3-6-15(23)11-14/h3-12H,13H2,1-2H3,(H,25,28)(H2,24,26,30). The van der Waals surface area contributed by atoms with Crippen LogP contribution in [-0.2, 0) is 6.54 Å². The van der Waals surface area contributed by atoms with Crippen molar-refractivity contribution >= 4 is 17.6 Å². The fourth-order valence-corrected chi connectivity index (χ4v) is 2.90. The van der Waals surface area contributed by atoms with Gasteiger partial charge in [0.15, 0.2) is 0 Å². The number of hydrazine groups is 1. The summed E-state index contributed by atoms with van der Waals surface area (Å²) in [6.07, 6.45) is 1.49. The summed E-state index contributed by atoms with van der Waals surface area (Å²) in [4.78, 5) is 37.2. The second-order valence-electron chi connectivity index (χ2n) is 6.58. The number of halogens is 1. The van der Waals surface area contributed by atoms with Gasteiger partial charge in [0.1, 0.15) is 22.9 Å². The zero-order chi connectivity index (χ0) is 23.1. The molecule has 0 aliphatic rings. The molecule has 3 N–H and O–H groups in total. The van der Waals surface area contributed by atoms with Crippen LogP contribution >= 0.6 is 0 Å². The molecule has 9 nitrogen and oxygen atoms in total. The first-order valence-electron chi connectivity index (χ1n) is 9.44. The molecule has 1 aromatic heterocycles. The number of aromatic nitrogens is 1. The van der Waals surface area contributed by atoms with Gasteiger partial charge in [-0.15, -0.1) is 0 Å². The largest absolute Gasteiger partial charge is 0.497 e. The van der Waals surface area contributed by atoms with Crippen molar-refractivity contribution in [1.29, 1.82) is 0 Å². The van der Waals surface area contributed by atoms with Crippen molar-refractivity contribution in [2.45, 2.75) is 6.54 Å². The fourth-order valence-electron chi connectivity index (χ4n) is 2.90. The van der Waals surface area contributed by atoms with Crippen molar-refractivity contribution in [3.05, 3.63) is 88.1 Å². The first-order chi connectivity index (χ1) is 15.4. The van der Waals surface area contributed by atoms with Crippen molar-refractivity contribution in [1.82, 2.24) is 15.4 Å². The number of carbonyl (C=O) groups excluding carboxylic acids is 2. The SMILES string of the molecule is COc1ccc(NC(=O)NNC(=O)c2cccn(Cc3cccc(F)c3)c2=O)c(OC)c1. The Hall–Kier alpha value is -4.34. The van der Waals surface area contributed by atoms with E-state index >= 15 is 0 Å². The van der Waals surface area contributed by atoms with Crippen molar-refractivity contribution in [2.75, 3.05) is 19.5 Å². The molecular weight excluding hydrogens is 419 g/mol. The summed E-state index contributed by atoms with van der Waals surface area (Å²) in [6, 6.07) is 12.7. The molecule has 32 heavy (non-hydrogen) atoms. The van der Waals surface area contributed by atoms with Crippen LogP contribution in [0.5, 0.6) is 11.5 Å². The van der Waals surface area contributed by atoms with Crippen LogP contribution < -0.4 is 31.2 Å². The van der Waals surface area contributed by atoms with Crippen LogP contribution in [0, 0.1) is 5.82 Å². The predicted octanol–water partition coefficient (Wildman–Crippen LogP) is 2.52. The van der Waals surface area contributed by atoms with Crippen LogP contribution in [0.1, 0.15) is 15.9 Å². The van der Waals surface area contributed by atoms with Gasteiger partial charge in [0.25, 0.3) is 11.5 Å². The molecule has 0 saturated heterocycles. The minimum absolute atomic E-state index is 0.0862. The average Bonchev–Trinajstić information content (AvgIpc) is 2.79. The van der Waals surface area contributed by atoms with Gasteiger partial charge in [-0.05, 0) is 42.0 Å². The molecule has 0 atom stereocenters. The highest BCUT2D eigenvalue weighted by atomic mass is 19.1. The Morgan fingerprint density at radius 3 is 2.53 bits per heavy atom. The second kappa shape index (κ2) is 10.1. The van der Waals surface area contributed by atoms with Gasteiger partial charge < -0.3 is 19.4 Å². The van der Waals surface area contributed by atoms with E-state index in [0.717, 1.165) is 0 Å². The first kappa shape index (κ1) is 22.3. The van der Waals surface area contributed by atoms with Crippen LogP contribution in [0.2, 0.25) is 0 Å². The van der Waals surface area contributed by atoms with Gasteiger partial charge in [-0.3, -0.25) is 15.0 Å². The van der Waals surface area contributed by atoms with E-state index in [0.29, 0.717) is 22.7 Å². The van der Waals surface area contributed by atoms with Crippen molar-refractivity contribution in [3.8, 4) is 11.5 Å². The number of carbonyl (C=O) groups is 2. The van der Waals surface area contributed by atoms with Crippen molar-refractivity contribution in [3.63, 3.8) is 0 Å². The molecule has 3 rings (SSSR count). The highest BCUT2D eigenvalue weighted by molar-refractivity contribution is 5.97. The van der Waals surface area contributed by atoms with E-state index in [1.807, 2.05) is 0 Å². The van der Waals surface area contributed by atoms with Crippen LogP contribution in [0.3, 0.4) is 0 Å². The minimum atomic E-state index is -0.805. The number of hydrogen-bond donors (Lipinski definition) is 3. The molecule has 2 aromatic carbocycles. The predicted molar refractivity (Wildman–Crippen MR) is 115 cm³/mol. The summed E-state index contributed by atoms with van der Waals surface area (Å²) in [5, 5.41) is 2.52. The van der Waals surface area contributed by atoms with E-state index in [4.69, 9.17) is 9.47 Å². The number of urea groups is 1. The average molecular weight is 440 g/mol. The number of ether oxygens (including phenoxy) is 2. The smallest absolute Gasteiger partial charge is 0.338 e. The number of benzene rings is 2. The van der Waals surface area contributed by atoms with E-state index in [2.05, 4.69) is 16.2 Å². The van der Waals surface area contributed by atoms with E-state index in [1.165, 1.54) is 55.3 Å². The van der Waals surface area contributed by atoms with Gasteiger partial charge in [0, 0.05) is 12.3 Å². The normalized spacial score (nSPS) is 10.2. The lowest BCUT2D eigenvalue weighted by Gasteiger charge is -2.13. The van der Waals surface area contributed by atoms with Crippen LogP contribution in [0.4, 0.5) is 14.9 Å². The van der Waals surface area contributed by atoms with Crippen LogP contribution in [0.15, 0.2) is 65.6 Å². The van der Waals surface area contributed by atoms with Gasteiger partial charge >= 0.3 is 6.03 Å². The van der Waals surface area contributed by atoms with Crippen LogP contribution in [0.25, 0.3) is 0 Å². The summed E-state index contributed by atoms with van der Waals surface area (Å²) >= 11 is 0. The molecule has 10 heteroatoms. The number of rotatable bonds is 6. The van der Waals surface area contributed by atoms with E-state index in [1.54, 1.807) is 24.3 Å². The summed E-state index contributed by atoms with van der Waals surface area (Å²) in [5.74, 6) is -0.331. The second-order valence-corrected chi connectivity index (χ2v) is 6.58. The number of nitrogens with one attached hydrogen (secondary N) is 3. The third-order valence-electron chi connectivity index (χ3n) is 4.45. The molecular formula is C22H21FN4O5. The third-order valence-corrected chi connectivity index (χ3v) is 4.45. The Morgan fingerprint density at radius 2 is 1.81 bits per heavy atom. The number of nitrogens with zero attached hydrogens (tertiary/aromatic N) is 1. The number of anilines is 1. The first-order valence-corrected chi connectivity index (χ1v) is 9.44. The number of amides is 3. The van der Waals surface area contributed by atoms with E-state index < -0.39 is 23.3 Å². The highest BCUT2D eigenvalue weighted by Gasteiger charge is 2.14. The maximum absolute atomic E-state index is 13.4. The Kier molecular flexibility index (Phi) is 7.06. The molecule has 0 radical (unpaired) electrons. The molecule has 0 unspecified atom stereocenters. The quantitative estimate of drug-likeness (QED) is 0.510. The molecule has 0 bridgehead atoms. The highest BCUT2D eigenvalue weighted by Crippen LogP contribution is 2.28. The van der Waals surface area contributed by atoms with Gasteiger partial charge in [0.2, 0.25) is 0 Å². The maximum Gasteiger partial charge on any atom is 0.338 e. The number of pyridine rings is 1. The third kappa shape index (κ3) is 5.42.